The topological polar surface area (TPSA) is 84.3 Å². The van der Waals surface area contributed by atoms with Gasteiger partial charge in [-0.1, -0.05) is 43.9 Å². The van der Waals surface area contributed by atoms with Gasteiger partial charge in [0.25, 0.3) is 5.91 Å². The lowest BCUT2D eigenvalue weighted by molar-refractivity contribution is -0.127. The number of aryl methyl sites for hydroxylation is 1. The van der Waals surface area contributed by atoms with E-state index in [0.717, 1.165) is 61.7 Å². The number of hydrogen-bond donors (Lipinski definition) is 1. The molecule has 0 radical (unpaired) electrons. The minimum Gasteiger partial charge on any atom is -0.343 e. The second-order valence-corrected chi connectivity index (χ2v) is 11.0. The summed E-state index contributed by atoms with van der Waals surface area (Å²) in [7, 11) is 0. The Morgan fingerprint density at radius 3 is 2.53 bits per heavy atom. The summed E-state index contributed by atoms with van der Waals surface area (Å²) in [5, 5.41) is 3.53. The van der Waals surface area contributed by atoms with E-state index in [1.807, 2.05) is 34.6 Å². The highest BCUT2D eigenvalue weighted by atomic mass is 35.5. The molecule has 200 valence electrons. The molecule has 1 aromatic heterocycles. The van der Waals surface area contributed by atoms with Crippen LogP contribution in [0.15, 0.2) is 42.5 Å². The Hall–Kier alpha value is -3.19. The number of carbonyl (C=O) groups is 3. The lowest BCUT2D eigenvalue weighted by atomic mass is 9.80. The number of halogens is 1. The molecule has 1 aliphatic heterocycles. The summed E-state index contributed by atoms with van der Waals surface area (Å²) < 4.78 is 2.00. The molecule has 2 aromatic carbocycles. The van der Waals surface area contributed by atoms with Crippen LogP contribution in [0.5, 0.6) is 0 Å². The molecule has 7 nitrogen and oxygen atoms in total. The fourth-order valence-corrected chi connectivity index (χ4v) is 5.90. The molecule has 5 rings (SSSR count). The van der Waals surface area contributed by atoms with Crippen LogP contribution in [-0.2, 0) is 16.1 Å². The number of nitrogens with zero attached hydrogens (tertiary/aromatic N) is 3. The van der Waals surface area contributed by atoms with E-state index < -0.39 is 0 Å². The molecule has 0 bridgehead atoms. The highest BCUT2D eigenvalue weighted by Gasteiger charge is 2.27. The molecule has 2 amide bonds. The van der Waals surface area contributed by atoms with Crippen molar-refractivity contribution in [2.45, 2.75) is 70.8 Å². The maximum atomic E-state index is 13.2. The number of rotatable bonds is 9. The first-order valence-electron chi connectivity index (χ1n) is 13.8. The van der Waals surface area contributed by atoms with Crippen molar-refractivity contribution >= 4 is 46.2 Å². The smallest absolute Gasteiger partial charge is 0.257 e. The zero-order valence-corrected chi connectivity index (χ0v) is 22.7. The summed E-state index contributed by atoms with van der Waals surface area (Å²) in [4.78, 5) is 45.0. The first-order chi connectivity index (χ1) is 18.4. The minimum atomic E-state index is -0.269. The molecule has 2 aliphatic rings. The third-order valence-corrected chi connectivity index (χ3v) is 8.27. The molecule has 3 aromatic rings. The van der Waals surface area contributed by atoms with Gasteiger partial charge < -0.3 is 9.47 Å². The second-order valence-electron chi connectivity index (χ2n) is 10.6. The first kappa shape index (κ1) is 26.4. The van der Waals surface area contributed by atoms with Crippen molar-refractivity contribution in [3.05, 3.63) is 58.6 Å². The molecule has 2 fully saturated rings. The van der Waals surface area contributed by atoms with Gasteiger partial charge in [0.2, 0.25) is 11.9 Å². The number of carbonyl (C=O) groups excluding carboxylic acids is 3. The van der Waals surface area contributed by atoms with Gasteiger partial charge in [0.05, 0.1) is 11.0 Å². The van der Waals surface area contributed by atoms with E-state index in [9.17, 15) is 14.4 Å². The highest BCUT2D eigenvalue weighted by molar-refractivity contribution is 6.30. The average Bonchev–Trinajstić information content (AvgIpc) is 3.50. The number of imidazole rings is 1. The van der Waals surface area contributed by atoms with Gasteiger partial charge >= 0.3 is 0 Å². The van der Waals surface area contributed by atoms with Gasteiger partial charge in [-0.2, -0.15) is 0 Å². The van der Waals surface area contributed by atoms with Gasteiger partial charge in [-0.25, -0.2) is 4.98 Å². The SMILES string of the molecule is CC(C(=O)C1CCCCC1)c1ccc2c(c1)nc(NC(=O)c1ccc(Cl)cc1)n2CCCN1CCCC1=O. The molecular weight excluding hydrogens is 500 g/mol. The number of aromatic nitrogens is 2. The van der Waals surface area contributed by atoms with Crippen LogP contribution in [0.4, 0.5) is 5.95 Å². The number of benzene rings is 2. The summed E-state index contributed by atoms with van der Waals surface area (Å²) in [5.74, 6) is 0.661. The van der Waals surface area contributed by atoms with Crippen LogP contribution in [0, 0.1) is 5.92 Å². The van der Waals surface area contributed by atoms with Gasteiger partial charge in [-0.05, 0) is 67.6 Å². The highest BCUT2D eigenvalue weighted by Crippen LogP contribution is 2.32. The van der Waals surface area contributed by atoms with Crippen molar-refractivity contribution in [2.24, 2.45) is 5.92 Å². The van der Waals surface area contributed by atoms with Crippen LogP contribution in [-0.4, -0.2) is 45.1 Å². The number of Topliss-reactive ketones (excluding diaryl/α,β-unsaturated/α-hetero) is 1. The zero-order valence-electron chi connectivity index (χ0n) is 21.9. The molecule has 8 heteroatoms. The van der Waals surface area contributed by atoms with Crippen molar-refractivity contribution in [2.75, 3.05) is 18.4 Å². The van der Waals surface area contributed by atoms with Crippen molar-refractivity contribution < 1.29 is 14.4 Å². The van der Waals surface area contributed by atoms with Crippen LogP contribution >= 0.6 is 11.6 Å². The van der Waals surface area contributed by atoms with Crippen molar-refractivity contribution in [3.8, 4) is 0 Å². The van der Waals surface area contributed by atoms with Crippen molar-refractivity contribution in [1.29, 1.82) is 0 Å². The summed E-state index contributed by atoms with van der Waals surface area (Å²) in [6.07, 6.45) is 7.74. The normalized spacial score (nSPS) is 17.2. The summed E-state index contributed by atoms with van der Waals surface area (Å²) in [6, 6.07) is 12.7. The van der Waals surface area contributed by atoms with E-state index in [-0.39, 0.29) is 23.7 Å². The summed E-state index contributed by atoms with van der Waals surface area (Å²) in [5.41, 5.74) is 3.08. The van der Waals surface area contributed by atoms with Crippen molar-refractivity contribution in [3.63, 3.8) is 0 Å². The monoisotopic (exact) mass is 534 g/mol. The molecular formula is C30H35ClN4O3. The van der Waals surface area contributed by atoms with Gasteiger partial charge in [-0.15, -0.1) is 0 Å². The Morgan fingerprint density at radius 2 is 1.82 bits per heavy atom. The Bertz CT molecular complexity index is 1330. The van der Waals surface area contributed by atoms with Gasteiger partial charge in [0.15, 0.2) is 0 Å². The number of amides is 2. The number of nitrogens with one attached hydrogen (secondary N) is 1. The lowest BCUT2D eigenvalue weighted by Crippen LogP contribution is -2.26. The Kier molecular flexibility index (Phi) is 8.12. The third kappa shape index (κ3) is 5.78. The average molecular weight is 535 g/mol. The summed E-state index contributed by atoms with van der Waals surface area (Å²) >= 11 is 5.99. The van der Waals surface area contributed by atoms with E-state index in [2.05, 4.69) is 5.32 Å². The number of fused-ring (bicyclic) bond motifs is 1. The van der Waals surface area contributed by atoms with E-state index in [0.29, 0.717) is 41.8 Å². The third-order valence-electron chi connectivity index (χ3n) is 8.02. The molecule has 1 atom stereocenters. The Morgan fingerprint density at radius 1 is 1.05 bits per heavy atom. The van der Waals surface area contributed by atoms with Crippen LogP contribution in [0.25, 0.3) is 11.0 Å². The van der Waals surface area contributed by atoms with Crippen LogP contribution in [0.3, 0.4) is 0 Å². The van der Waals surface area contributed by atoms with Gasteiger partial charge in [0, 0.05) is 48.5 Å². The molecule has 1 unspecified atom stereocenters. The number of anilines is 1. The predicted molar refractivity (Wildman–Crippen MR) is 150 cm³/mol. The molecule has 1 saturated heterocycles. The molecule has 2 heterocycles. The fourth-order valence-electron chi connectivity index (χ4n) is 5.78. The van der Waals surface area contributed by atoms with Gasteiger partial charge in [-0.3, -0.25) is 19.7 Å². The van der Waals surface area contributed by atoms with E-state index in [1.165, 1.54) is 6.42 Å². The van der Waals surface area contributed by atoms with E-state index in [4.69, 9.17) is 16.6 Å². The Balaban J connectivity index is 1.40. The molecule has 38 heavy (non-hydrogen) atoms. The number of ketones is 1. The molecule has 1 aliphatic carbocycles. The zero-order chi connectivity index (χ0) is 26.6. The van der Waals surface area contributed by atoms with Crippen LogP contribution in [0.1, 0.15) is 80.1 Å². The van der Waals surface area contributed by atoms with Crippen LogP contribution in [0.2, 0.25) is 5.02 Å². The molecule has 1 N–H and O–H groups in total. The predicted octanol–water partition coefficient (Wildman–Crippen LogP) is 6.21. The molecule has 0 spiro atoms. The largest absolute Gasteiger partial charge is 0.343 e. The quantitative estimate of drug-likeness (QED) is 0.354. The number of likely N-dealkylation sites (tertiary alicyclic amines) is 1. The van der Waals surface area contributed by atoms with Crippen molar-refractivity contribution in [1.82, 2.24) is 14.5 Å². The minimum absolute atomic E-state index is 0.148. The van der Waals surface area contributed by atoms with E-state index >= 15 is 0 Å². The van der Waals surface area contributed by atoms with Crippen LogP contribution < -0.4 is 5.32 Å². The standard InChI is InChI=1S/C30H35ClN4O3/c1-20(28(37)21-7-3-2-4-8-21)23-12-15-26-25(19-23)32-30(33-29(38)22-10-13-24(31)14-11-22)35(26)18-6-17-34-16-5-9-27(34)36/h10-15,19-21H,2-9,16-18H2,1H3,(H,32,33,38). The van der Waals surface area contributed by atoms with E-state index in [1.54, 1.807) is 24.3 Å². The maximum Gasteiger partial charge on any atom is 0.257 e. The fraction of sp³-hybridized carbons (Fsp3) is 0.467. The Labute approximate surface area is 228 Å². The maximum absolute atomic E-state index is 13.2. The second kappa shape index (κ2) is 11.7. The lowest BCUT2D eigenvalue weighted by Gasteiger charge is -2.23. The van der Waals surface area contributed by atoms with Gasteiger partial charge in [0.1, 0.15) is 5.78 Å². The summed E-state index contributed by atoms with van der Waals surface area (Å²) in [6.45, 7) is 4.08. The first-order valence-corrected chi connectivity index (χ1v) is 14.2. The molecule has 1 saturated carbocycles. The number of hydrogen-bond acceptors (Lipinski definition) is 4.